The molecule has 0 radical (unpaired) electrons. The predicted molar refractivity (Wildman–Crippen MR) is 63.6 cm³/mol. The average molecular weight is 302 g/mol. The summed E-state index contributed by atoms with van der Waals surface area (Å²) in [5.41, 5.74) is 0.863. The maximum absolute atomic E-state index is 11.8. The number of amides is 1. The second kappa shape index (κ2) is 4.67. The molecule has 2 heterocycles. The number of rotatable bonds is 2. The zero-order chi connectivity index (χ0) is 11.5. The lowest BCUT2D eigenvalue weighted by Gasteiger charge is -2.04. The Balaban J connectivity index is 2.21. The zero-order valence-corrected chi connectivity index (χ0v) is 10.2. The maximum atomic E-state index is 11.8. The molecule has 0 fully saturated rings. The Bertz CT molecular complexity index is 527. The highest BCUT2D eigenvalue weighted by Gasteiger charge is 2.13. The van der Waals surface area contributed by atoms with Gasteiger partial charge in [-0.25, -0.2) is 4.98 Å². The van der Waals surface area contributed by atoms with Crippen molar-refractivity contribution in [2.45, 2.75) is 0 Å². The number of hydrogen-bond acceptors (Lipinski definition) is 3. The van der Waals surface area contributed by atoms with E-state index in [9.17, 15) is 4.79 Å². The summed E-state index contributed by atoms with van der Waals surface area (Å²) in [5, 5.41) is 2.88. The lowest BCUT2D eigenvalue weighted by Crippen LogP contribution is -2.12. The van der Waals surface area contributed by atoms with E-state index >= 15 is 0 Å². The van der Waals surface area contributed by atoms with Crippen molar-refractivity contribution in [3.05, 3.63) is 46.0 Å². The Morgan fingerprint density at radius 2 is 2.31 bits per heavy atom. The molecule has 0 spiro atoms. The second-order valence-electron chi connectivity index (χ2n) is 2.90. The number of pyridine rings is 1. The molecule has 1 N–H and O–H groups in total. The number of anilines is 1. The molecule has 0 atom stereocenters. The summed E-state index contributed by atoms with van der Waals surface area (Å²) in [6, 6.07) is 4.91. The van der Waals surface area contributed by atoms with Crippen LogP contribution in [-0.2, 0) is 0 Å². The van der Waals surface area contributed by atoms with E-state index in [-0.39, 0.29) is 11.1 Å². The highest BCUT2D eigenvalue weighted by molar-refractivity contribution is 9.10. The number of hydrogen-bond donors (Lipinski definition) is 1. The second-order valence-corrected chi connectivity index (χ2v) is 3.98. The monoisotopic (exact) mass is 300 g/mol. The third-order valence-electron chi connectivity index (χ3n) is 1.87. The van der Waals surface area contributed by atoms with Crippen LogP contribution in [0.1, 0.15) is 10.4 Å². The fourth-order valence-corrected chi connectivity index (χ4v) is 1.71. The van der Waals surface area contributed by atoms with Gasteiger partial charge in [0.25, 0.3) is 5.91 Å². The standard InChI is InChI=1S/C10H6BrClN2O2/c11-8-6(3-5-16-8)10(15)14-7-2-1-4-13-9(7)12/h1-5H,(H,14,15). The first-order chi connectivity index (χ1) is 7.68. The first kappa shape index (κ1) is 11.2. The molecule has 0 aliphatic heterocycles. The van der Waals surface area contributed by atoms with Crippen molar-refractivity contribution < 1.29 is 9.21 Å². The van der Waals surface area contributed by atoms with Crippen LogP contribution in [0.3, 0.4) is 0 Å². The van der Waals surface area contributed by atoms with Gasteiger partial charge in [0.2, 0.25) is 0 Å². The van der Waals surface area contributed by atoms with Crippen LogP contribution in [0.15, 0.2) is 39.7 Å². The van der Waals surface area contributed by atoms with E-state index in [4.69, 9.17) is 16.0 Å². The zero-order valence-electron chi connectivity index (χ0n) is 7.91. The van der Waals surface area contributed by atoms with E-state index in [1.165, 1.54) is 6.26 Å². The van der Waals surface area contributed by atoms with Crippen LogP contribution in [0.5, 0.6) is 0 Å². The molecule has 2 rings (SSSR count). The summed E-state index contributed by atoms with van der Waals surface area (Å²) in [6.45, 7) is 0. The topological polar surface area (TPSA) is 55.1 Å². The molecule has 0 aliphatic rings. The molecule has 2 aromatic rings. The molecular weight excluding hydrogens is 295 g/mol. The molecule has 0 aliphatic carbocycles. The van der Waals surface area contributed by atoms with Gasteiger partial charge in [0.05, 0.1) is 17.5 Å². The minimum Gasteiger partial charge on any atom is -0.457 e. The lowest BCUT2D eigenvalue weighted by atomic mass is 10.3. The van der Waals surface area contributed by atoms with E-state index in [0.29, 0.717) is 15.9 Å². The number of aromatic nitrogens is 1. The first-order valence-electron chi connectivity index (χ1n) is 4.33. The van der Waals surface area contributed by atoms with Gasteiger partial charge < -0.3 is 9.73 Å². The van der Waals surface area contributed by atoms with Crippen molar-refractivity contribution in [3.63, 3.8) is 0 Å². The van der Waals surface area contributed by atoms with Gasteiger partial charge in [0, 0.05) is 6.20 Å². The smallest absolute Gasteiger partial charge is 0.260 e. The van der Waals surface area contributed by atoms with Gasteiger partial charge in [-0.05, 0) is 34.1 Å². The van der Waals surface area contributed by atoms with E-state index in [0.717, 1.165) is 0 Å². The Hall–Kier alpha value is -1.33. The van der Waals surface area contributed by atoms with Crippen LogP contribution in [-0.4, -0.2) is 10.9 Å². The summed E-state index contributed by atoms with van der Waals surface area (Å²) < 4.78 is 5.34. The van der Waals surface area contributed by atoms with Crippen molar-refractivity contribution >= 4 is 39.1 Å². The highest BCUT2D eigenvalue weighted by Crippen LogP contribution is 2.22. The molecular formula is C10H6BrClN2O2. The number of carbonyl (C=O) groups excluding carboxylic acids is 1. The minimum absolute atomic E-state index is 0.246. The molecule has 0 saturated heterocycles. The molecule has 4 nitrogen and oxygen atoms in total. The molecule has 0 saturated carbocycles. The lowest BCUT2D eigenvalue weighted by molar-refractivity contribution is 0.102. The van der Waals surface area contributed by atoms with E-state index in [1.807, 2.05) is 0 Å². The fraction of sp³-hybridized carbons (Fsp3) is 0. The van der Waals surface area contributed by atoms with Gasteiger partial charge in [-0.3, -0.25) is 4.79 Å². The quantitative estimate of drug-likeness (QED) is 0.866. The van der Waals surface area contributed by atoms with Crippen molar-refractivity contribution in [2.75, 3.05) is 5.32 Å². The summed E-state index contributed by atoms with van der Waals surface area (Å²) in [7, 11) is 0. The number of carbonyl (C=O) groups is 1. The van der Waals surface area contributed by atoms with Gasteiger partial charge in [-0.15, -0.1) is 0 Å². The third kappa shape index (κ3) is 2.25. The Morgan fingerprint density at radius 1 is 1.50 bits per heavy atom. The average Bonchev–Trinajstić information content (AvgIpc) is 2.68. The van der Waals surface area contributed by atoms with Gasteiger partial charge in [-0.1, -0.05) is 11.6 Å². The van der Waals surface area contributed by atoms with Crippen molar-refractivity contribution in [3.8, 4) is 0 Å². The van der Waals surface area contributed by atoms with Gasteiger partial charge in [0.15, 0.2) is 9.82 Å². The van der Waals surface area contributed by atoms with E-state index < -0.39 is 0 Å². The van der Waals surface area contributed by atoms with Crippen molar-refractivity contribution in [2.24, 2.45) is 0 Å². The third-order valence-corrected chi connectivity index (χ3v) is 2.79. The molecule has 0 unspecified atom stereocenters. The first-order valence-corrected chi connectivity index (χ1v) is 5.50. The number of nitrogens with zero attached hydrogens (tertiary/aromatic N) is 1. The van der Waals surface area contributed by atoms with Crippen LogP contribution in [0.4, 0.5) is 5.69 Å². The minimum atomic E-state index is -0.310. The molecule has 0 aromatic carbocycles. The normalized spacial score (nSPS) is 10.1. The Morgan fingerprint density at radius 3 is 2.94 bits per heavy atom. The predicted octanol–water partition coefficient (Wildman–Crippen LogP) is 3.34. The number of furan rings is 1. The van der Waals surface area contributed by atoms with Crippen LogP contribution < -0.4 is 5.32 Å². The SMILES string of the molecule is O=C(Nc1cccnc1Cl)c1ccoc1Br. The summed E-state index contributed by atoms with van der Waals surface area (Å²) in [4.78, 5) is 15.6. The summed E-state index contributed by atoms with van der Waals surface area (Å²) in [5.74, 6) is -0.310. The van der Waals surface area contributed by atoms with Crippen LogP contribution >= 0.6 is 27.5 Å². The van der Waals surface area contributed by atoms with E-state index in [1.54, 1.807) is 24.4 Å². The Kier molecular flexibility index (Phi) is 3.26. The molecule has 6 heteroatoms. The molecule has 1 amide bonds. The van der Waals surface area contributed by atoms with E-state index in [2.05, 4.69) is 26.2 Å². The Labute approximate surface area is 105 Å². The number of nitrogens with one attached hydrogen (secondary N) is 1. The highest BCUT2D eigenvalue weighted by atomic mass is 79.9. The van der Waals surface area contributed by atoms with Crippen LogP contribution in [0.2, 0.25) is 5.15 Å². The molecule has 16 heavy (non-hydrogen) atoms. The summed E-state index contributed by atoms with van der Waals surface area (Å²) >= 11 is 8.93. The number of halogens is 2. The van der Waals surface area contributed by atoms with Gasteiger partial charge >= 0.3 is 0 Å². The van der Waals surface area contributed by atoms with Crippen molar-refractivity contribution in [1.82, 2.24) is 4.98 Å². The van der Waals surface area contributed by atoms with Crippen LogP contribution in [0, 0.1) is 0 Å². The summed E-state index contributed by atoms with van der Waals surface area (Å²) in [6.07, 6.45) is 2.97. The van der Waals surface area contributed by atoms with Crippen molar-refractivity contribution in [1.29, 1.82) is 0 Å². The molecule has 2 aromatic heterocycles. The molecule has 0 bridgehead atoms. The van der Waals surface area contributed by atoms with Crippen LogP contribution in [0.25, 0.3) is 0 Å². The molecule has 82 valence electrons. The maximum Gasteiger partial charge on any atom is 0.260 e. The largest absolute Gasteiger partial charge is 0.457 e. The van der Waals surface area contributed by atoms with Gasteiger partial charge in [0.1, 0.15) is 0 Å². The van der Waals surface area contributed by atoms with Gasteiger partial charge in [-0.2, -0.15) is 0 Å². The fourth-order valence-electron chi connectivity index (χ4n) is 1.12.